The summed E-state index contributed by atoms with van der Waals surface area (Å²) >= 11 is 1.66. The zero-order valence-electron chi connectivity index (χ0n) is 15.5. The third-order valence-corrected chi connectivity index (χ3v) is 6.58. The highest BCUT2D eigenvalue weighted by atomic mass is 32.1. The van der Waals surface area contributed by atoms with Gasteiger partial charge in [0.2, 0.25) is 0 Å². The summed E-state index contributed by atoms with van der Waals surface area (Å²) < 4.78 is 6.39. The van der Waals surface area contributed by atoms with Crippen molar-refractivity contribution in [2.45, 2.75) is 12.3 Å². The fourth-order valence-electron chi connectivity index (χ4n) is 4.31. The SMILES string of the molecule is COC(=O)C(Cc1nc2ccccc2s1)C1c2ccccc2-c2ccccc21. The highest BCUT2D eigenvalue weighted by Crippen LogP contribution is 2.49. The van der Waals surface area contributed by atoms with Crippen molar-refractivity contribution in [1.82, 2.24) is 4.98 Å². The molecule has 0 saturated carbocycles. The van der Waals surface area contributed by atoms with Crippen molar-refractivity contribution >= 4 is 27.5 Å². The number of hydrogen-bond donors (Lipinski definition) is 0. The Balaban J connectivity index is 1.61. The predicted molar refractivity (Wildman–Crippen MR) is 113 cm³/mol. The van der Waals surface area contributed by atoms with E-state index in [1.54, 1.807) is 11.3 Å². The summed E-state index contributed by atoms with van der Waals surface area (Å²) in [5.74, 6) is -0.516. The molecule has 1 aliphatic rings. The second-order valence-electron chi connectivity index (χ2n) is 7.06. The van der Waals surface area contributed by atoms with Crippen LogP contribution in [0.1, 0.15) is 22.1 Å². The Morgan fingerprint density at radius 3 is 2.21 bits per heavy atom. The predicted octanol–water partition coefficient (Wildman–Crippen LogP) is 5.44. The smallest absolute Gasteiger partial charge is 0.310 e. The molecule has 4 aromatic rings. The third-order valence-electron chi connectivity index (χ3n) is 5.52. The van der Waals surface area contributed by atoms with Gasteiger partial charge in [-0.05, 0) is 34.4 Å². The van der Waals surface area contributed by atoms with Gasteiger partial charge in [0, 0.05) is 12.3 Å². The Morgan fingerprint density at radius 2 is 1.57 bits per heavy atom. The number of rotatable bonds is 4. The van der Waals surface area contributed by atoms with Gasteiger partial charge in [-0.3, -0.25) is 4.79 Å². The van der Waals surface area contributed by atoms with Gasteiger partial charge < -0.3 is 4.74 Å². The molecule has 0 N–H and O–H groups in total. The van der Waals surface area contributed by atoms with Crippen molar-refractivity contribution < 1.29 is 9.53 Å². The van der Waals surface area contributed by atoms with E-state index in [4.69, 9.17) is 9.72 Å². The minimum absolute atomic E-state index is 0.0214. The lowest BCUT2D eigenvalue weighted by Gasteiger charge is -2.22. The zero-order valence-corrected chi connectivity index (χ0v) is 16.3. The van der Waals surface area contributed by atoms with Gasteiger partial charge in [0.25, 0.3) is 0 Å². The molecular formula is C24H19NO2S. The molecule has 1 unspecified atom stereocenters. The Morgan fingerprint density at radius 1 is 0.964 bits per heavy atom. The highest BCUT2D eigenvalue weighted by molar-refractivity contribution is 7.18. The van der Waals surface area contributed by atoms with Gasteiger partial charge in [-0.1, -0.05) is 60.7 Å². The molecule has 0 amide bonds. The molecule has 0 saturated heterocycles. The van der Waals surface area contributed by atoms with E-state index in [0.717, 1.165) is 15.2 Å². The molecule has 1 heterocycles. The van der Waals surface area contributed by atoms with E-state index in [2.05, 4.69) is 42.5 Å². The summed E-state index contributed by atoms with van der Waals surface area (Å²) in [7, 11) is 1.47. The number of para-hydroxylation sites is 1. The Hall–Kier alpha value is -2.98. The standard InChI is InChI=1S/C24H19NO2S/c1-27-24(26)19(14-22-25-20-12-6-7-13-21(20)28-22)23-17-10-4-2-8-15(17)16-9-3-5-11-18(16)23/h2-13,19,23H,14H2,1H3. The molecule has 0 bridgehead atoms. The number of methoxy groups -OCH3 is 1. The molecule has 3 aromatic carbocycles. The summed E-state index contributed by atoms with van der Waals surface area (Å²) in [6.45, 7) is 0. The van der Waals surface area contributed by atoms with E-state index in [1.807, 2.05) is 30.3 Å². The monoisotopic (exact) mass is 385 g/mol. The summed E-state index contributed by atoms with van der Waals surface area (Å²) in [5, 5.41) is 0.971. The van der Waals surface area contributed by atoms with Crippen LogP contribution >= 0.6 is 11.3 Å². The maximum absolute atomic E-state index is 12.9. The van der Waals surface area contributed by atoms with Gasteiger partial charge in [-0.15, -0.1) is 11.3 Å². The maximum Gasteiger partial charge on any atom is 0.310 e. The normalized spacial score (nSPS) is 13.9. The molecule has 1 atom stereocenters. The first-order valence-corrected chi connectivity index (χ1v) is 10.2. The van der Waals surface area contributed by atoms with Crippen molar-refractivity contribution in [2.75, 3.05) is 7.11 Å². The first-order valence-electron chi connectivity index (χ1n) is 9.37. The second-order valence-corrected chi connectivity index (χ2v) is 8.18. The van der Waals surface area contributed by atoms with E-state index in [1.165, 1.54) is 29.4 Å². The Labute approximate surface area is 167 Å². The number of aromatic nitrogens is 1. The summed E-state index contributed by atoms with van der Waals surface area (Å²) in [5.41, 5.74) is 5.79. The fourth-order valence-corrected chi connectivity index (χ4v) is 5.34. The van der Waals surface area contributed by atoms with Gasteiger partial charge in [-0.2, -0.15) is 0 Å². The first kappa shape index (κ1) is 17.1. The van der Waals surface area contributed by atoms with Crippen molar-refractivity contribution in [3.8, 4) is 11.1 Å². The minimum Gasteiger partial charge on any atom is -0.469 e. The number of carbonyl (C=O) groups excluding carboxylic acids is 1. The van der Waals surface area contributed by atoms with E-state index in [-0.39, 0.29) is 17.8 Å². The Bertz CT molecular complexity index is 1100. The number of benzene rings is 3. The number of thiazole rings is 1. The van der Waals surface area contributed by atoms with Crippen LogP contribution in [0, 0.1) is 5.92 Å². The molecule has 1 aliphatic carbocycles. The molecule has 138 valence electrons. The fraction of sp³-hybridized carbons (Fsp3) is 0.167. The second kappa shape index (κ2) is 6.88. The quantitative estimate of drug-likeness (QED) is 0.439. The van der Waals surface area contributed by atoms with Crippen LogP contribution in [0.15, 0.2) is 72.8 Å². The third kappa shape index (κ3) is 2.72. The lowest BCUT2D eigenvalue weighted by molar-refractivity contribution is -0.145. The molecular weight excluding hydrogens is 366 g/mol. The van der Waals surface area contributed by atoms with E-state index in [9.17, 15) is 4.79 Å². The van der Waals surface area contributed by atoms with Crippen LogP contribution in [-0.4, -0.2) is 18.1 Å². The average molecular weight is 385 g/mol. The van der Waals surface area contributed by atoms with Crippen LogP contribution in [0.2, 0.25) is 0 Å². The lowest BCUT2D eigenvalue weighted by Crippen LogP contribution is -2.25. The molecule has 0 spiro atoms. The van der Waals surface area contributed by atoms with E-state index < -0.39 is 0 Å². The van der Waals surface area contributed by atoms with Crippen LogP contribution in [0.5, 0.6) is 0 Å². The van der Waals surface area contributed by atoms with E-state index in [0.29, 0.717) is 6.42 Å². The van der Waals surface area contributed by atoms with Crippen molar-refractivity contribution in [3.63, 3.8) is 0 Å². The first-order chi connectivity index (χ1) is 13.8. The molecule has 4 heteroatoms. The average Bonchev–Trinajstić information content (AvgIpc) is 3.30. The number of hydrogen-bond acceptors (Lipinski definition) is 4. The summed E-state index contributed by atoms with van der Waals surface area (Å²) in [4.78, 5) is 17.7. The van der Waals surface area contributed by atoms with Crippen LogP contribution < -0.4 is 0 Å². The van der Waals surface area contributed by atoms with Crippen molar-refractivity contribution in [3.05, 3.63) is 88.9 Å². The maximum atomic E-state index is 12.9. The van der Waals surface area contributed by atoms with Gasteiger partial charge in [0.15, 0.2) is 0 Å². The number of carbonyl (C=O) groups is 1. The zero-order chi connectivity index (χ0) is 19.1. The molecule has 0 radical (unpaired) electrons. The number of ether oxygens (including phenoxy) is 1. The van der Waals surface area contributed by atoms with Crippen LogP contribution in [-0.2, 0) is 16.0 Å². The van der Waals surface area contributed by atoms with Crippen LogP contribution in [0.3, 0.4) is 0 Å². The molecule has 3 nitrogen and oxygen atoms in total. The van der Waals surface area contributed by atoms with E-state index >= 15 is 0 Å². The molecule has 28 heavy (non-hydrogen) atoms. The Kier molecular flexibility index (Phi) is 4.21. The summed E-state index contributed by atoms with van der Waals surface area (Å²) in [6.07, 6.45) is 0.569. The summed E-state index contributed by atoms with van der Waals surface area (Å²) in [6, 6.07) is 24.8. The van der Waals surface area contributed by atoms with Gasteiger partial charge in [0.1, 0.15) is 0 Å². The number of fused-ring (bicyclic) bond motifs is 4. The van der Waals surface area contributed by atoms with Crippen LogP contribution in [0.25, 0.3) is 21.3 Å². The molecule has 5 rings (SSSR count). The van der Waals surface area contributed by atoms with Gasteiger partial charge in [0.05, 0.1) is 28.3 Å². The van der Waals surface area contributed by atoms with Gasteiger partial charge in [-0.25, -0.2) is 4.98 Å². The minimum atomic E-state index is -0.310. The largest absolute Gasteiger partial charge is 0.469 e. The molecule has 0 fully saturated rings. The molecule has 1 aromatic heterocycles. The lowest BCUT2D eigenvalue weighted by atomic mass is 9.82. The van der Waals surface area contributed by atoms with Crippen molar-refractivity contribution in [1.29, 1.82) is 0 Å². The van der Waals surface area contributed by atoms with Crippen LogP contribution in [0.4, 0.5) is 0 Å². The highest BCUT2D eigenvalue weighted by Gasteiger charge is 2.39. The number of esters is 1. The topological polar surface area (TPSA) is 39.2 Å². The molecule has 0 aliphatic heterocycles. The van der Waals surface area contributed by atoms with Gasteiger partial charge >= 0.3 is 5.97 Å². The number of nitrogens with zero attached hydrogens (tertiary/aromatic N) is 1. The van der Waals surface area contributed by atoms with Crippen molar-refractivity contribution in [2.24, 2.45) is 5.92 Å².